The molecule has 0 heterocycles. The third kappa shape index (κ3) is 28.1. The molecule has 0 aliphatic heterocycles. The summed E-state index contributed by atoms with van der Waals surface area (Å²) >= 11 is 0. The van der Waals surface area contributed by atoms with Crippen LogP contribution in [0.3, 0.4) is 0 Å². The van der Waals surface area contributed by atoms with Crippen LogP contribution in [0.1, 0.15) is 97.8 Å². The van der Waals surface area contributed by atoms with Crippen molar-refractivity contribution in [2.45, 2.75) is 97.8 Å². The van der Waals surface area contributed by atoms with Gasteiger partial charge in [0.05, 0.1) is 0 Å². The van der Waals surface area contributed by atoms with Crippen molar-refractivity contribution in [3.63, 3.8) is 0 Å². The number of hydrogen-bond acceptors (Lipinski definition) is 2. The van der Waals surface area contributed by atoms with Crippen molar-refractivity contribution >= 4 is 12.1 Å². The molecule has 0 aromatic heterocycles. The number of rotatable bonds is 13. The molecule has 2 heteroatoms. The van der Waals surface area contributed by atoms with Gasteiger partial charge in [0.2, 0.25) is 0 Å². The summed E-state index contributed by atoms with van der Waals surface area (Å²) in [4.78, 5) is 19.4. The van der Waals surface area contributed by atoms with Crippen molar-refractivity contribution in [3.05, 3.63) is 12.2 Å². The molecule has 21 heavy (non-hydrogen) atoms. The maximum Gasteiger partial charge on any atom is 0.152 e. The Bertz CT molecular complexity index is 232. The fourth-order valence-corrected chi connectivity index (χ4v) is 2.09. The van der Waals surface area contributed by atoms with Crippen molar-refractivity contribution in [2.24, 2.45) is 0 Å². The van der Waals surface area contributed by atoms with Crippen LogP contribution < -0.4 is 0 Å². The summed E-state index contributed by atoms with van der Waals surface area (Å²) in [6, 6.07) is 0. The Morgan fingerprint density at radius 3 is 1.24 bits per heavy atom. The lowest BCUT2D eigenvalue weighted by molar-refractivity contribution is -0.113. The topological polar surface area (TPSA) is 34.1 Å². The average Bonchev–Trinajstić information content (AvgIpc) is 2.48. The minimum Gasteiger partial charge on any atom is -0.299 e. The number of aldehydes is 1. The van der Waals surface area contributed by atoms with Crippen molar-refractivity contribution in [1.29, 1.82) is 0 Å². The molecule has 0 fully saturated rings. The largest absolute Gasteiger partial charge is 0.299 e. The first-order valence-corrected chi connectivity index (χ1v) is 8.81. The number of carbonyl (C=O) groups is 2. The van der Waals surface area contributed by atoms with Crippen LogP contribution in [0.5, 0.6) is 0 Å². The van der Waals surface area contributed by atoms with E-state index in [4.69, 9.17) is 0 Å². The molecular formula is C19H36O2. The predicted octanol–water partition coefficient (Wildman–Crippen LogP) is 6.04. The van der Waals surface area contributed by atoms with Crippen LogP contribution in [0, 0.1) is 0 Å². The molecule has 0 atom stereocenters. The van der Waals surface area contributed by atoms with E-state index in [9.17, 15) is 9.59 Å². The van der Waals surface area contributed by atoms with Crippen LogP contribution in [-0.2, 0) is 9.59 Å². The van der Waals surface area contributed by atoms with E-state index in [0.29, 0.717) is 6.29 Å². The van der Waals surface area contributed by atoms with Crippen LogP contribution in [0.15, 0.2) is 12.2 Å². The lowest BCUT2D eigenvalue weighted by Gasteiger charge is -2.01. The summed E-state index contributed by atoms with van der Waals surface area (Å²) < 4.78 is 0. The molecule has 0 rings (SSSR count). The van der Waals surface area contributed by atoms with E-state index in [-0.39, 0.29) is 5.78 Å². The summed E-state index contributed by atoms with van der Waals surface area (Å²) in [6.45, 7) is 5.96. The molecule has 0 bridgehead atoms. The molecule has 0 spiro atoms. The van der Waals surface area contributed by atoms with E-state index in [1.54, 1.807) is 0 Å². The van der Waals surface area contributed by atoms with E-state index in [1.807, 2.05) is 0 Å². The quantitative estimate of drug-likeness (QED) is 0.236. The molecule has 0 unspecified atom stereocenters. The van der Waals surface area contributed by atoms with Gasteiger partial charge in [0.1, 0.15) is 6.29 Å². The highest BCUT2D eigenvalue weighted by Crippen LogP contribution is 2.11. The SMILES string of the molecule is CC(=O)/C=C\C=O.CCCCCCCCCCCCCC. The lowest BCUT2D eigenvalue weighted by atomic mass is 10.1. The molecule has 0 aromatic carbocycles. The summed E-state index contributed by atoms with van der Waals surface area (Å²) in [5, 5.41) is 0. The van der Waals surface area contributed by atoms with Gasteiger partial charge < -0.3 is 0 Å². The van der Waals surface area contributed by atoms with Gasteiger partial charge in [0, 0.05) is 0 Å². The third-order valence-electron chi connectivity index (χ3n) is 3.37. The Morgan fingerprint density at radius 1 is 0.714 bits per heavy atom. The molecule has 0 saturated carbocycles. The number of hydrogen-bond donors (Lipinski definition) is 0. The van der Waals surface area contributed by atoms with Crippen LogP contribution >= 0.6 is 0 Å². The van der Waals surface area contributed by atoms with Gasteiger partial charge in [0.15, 0.2) is 5.78 Å². The molecule has 0 saturated heterocycles. The molecule has 0 aliphatic carbocycles. The highest BCUT2D eigenvalue weighted by Gasteiger charge is 1.91. The average molecular weight is 296 g/mol. The second kappa shape index (κ2) is 21.4. The van der Waals surface area contributed by atoms with Gasteiger partial charge in [-0.05, 0) is 19.1 Å². The molecule has 2 nitrogen and oxygen atoms in total. The van der Waals surface area contributed by atoms with E-state index < -0.39 is 0 Å². The molecule has 0 aromatic rings. The van der Waals surface area contributed by atoms with Gasteiger partial charge >= 0.3 is 0 Å². The molecule has 0 aliphatic rings. The van der Waals surface area contributed by atoms with E-state index in [0.717, 1.165) is 0 Å². The fraction of sp³-hybridized carbons (Fsp3) is 0.789. The first-order valence-electron chi connectivity index (χ1n) is 8.81. The first-order chi connectivity index (χ1) is 10.2. The van der Waals surface area contributed by atoms with E-state index >= 15 is 0 Å². The number of allylic oxidation sites excluding steroid dienone is 2. The fourth-order valence-electron chi connectivity index (χ4n) is 2.09. The maximum absolute atomic E-state index is 9.96. The summed E-state index contributed by atoms with van der Waals surface area (Å²) in [5.74, 6) is -0.105. The van der Waals surface area contributed by atoms with Crippen molar-refractivity contribution in [1.82, 2.24) is 0 Å². The van der Waals surface area contributed by atoms with Crippen molar-refractivity contribution in [3.8, 4) is 0 Å². The Labute approximate surface area is 132 Å². The van der Waals surface area contributed by atoms with E-state index in [2.05, 4.69) is 13.8 Å². The molecular weight excluding hydrogens is 260 g/mol. The smallest absolute Gasteiger partial charge is 0.152 e. The van der Waals surface area contributed by atoms with Crippen LogP contribution in [-0.4, -0.2) is 12.1 Å². The third-order valence-corrected chi connectivity index (χ3v) is 3.37. The zero-order valence-corrected chi connectivity index (χ0v) is 14.5. The van der Waals surface area contributed by atoms with Gasteiger partial charge in [0.25, 0.3) is 0 Å². The van der Waals surface area contributed by atoms with Gasteiger partial charge in [-0.15, -0.1) is 0 Å². The van der Waals surface area contributed by atoms with Gasteiger partial charge in [-0.25, -0.2) is 0 Å². The van der Waals surface area contributed by atoms with Crippen LogP contribution in [0.25, 0.3) is 0 Å². The number of unbranched alkanes of at least 4 members (excludes halogenated alkanes) is 11. The summed E-state index contributed by atoms with van der Waals surface area (Å²) in [7, 11) is 0. The van der Waals surface area contributed by atoms with Crippen molar-refractivity contribution < 1.29 is 9.59 Å². The zero-order chi connectivity index (χ0) is 16.2. The van der Waals surface area contributed by atoms with Crippen LogP contribution in [0.4, 0.5) is 0 Å². The minimum absolute atomic E-state index is 0.105. The minimum atomic E-state index is -0.105. The normalized spacial score (nSPS) is 10.2. The van der Waals surface area contributed by atoms with Gasteiger partial charge in [-0.2, -0.15) is 0 Å². The highest BCUT2D eigenvalue weighted by molar-refractivity contribution is 5.90. The monoisotopic (exact) mass is 296 g/mol. The molecule has 0 N–H and O–H groups in total. The predicted molar refractivity (Wildman–Crippen MR) is 92.6 cm³/mol. The van der Waals surface area contributed by atoms with E-state index in [1.165, 1.54) is 96.1 Å². The second-order valence-corrected chi connectivity index (χ2v) is 5.64. The Morgan fingerprint density at radius 2 is 1.05 bits per heavy atom. The number of ketones is 1. The maximum atomic E-state index is 9.96. The Balaban J connectivity index is 0. The highest BCUT2D eigenvalue weighted by atomic mass is 16.1. The van der Waals surface area contributed by atoms with Crippen LogP contribution in [0.2, 0.25) is 0 Å². The molecule has 0 radical (unpaired) electrons. The summed E-state index contributed by atoms with van der Waals surface area (Å²) in [6.07, 6.45) is 20.4. The Hall–Kier alpha value is -0.920. The van der Waals surface area contributed by atoms with Gasteiger partial charge in [-0.1, -0.05) is 90.9 Å². The Kier molecular flexibility index (Phi) is 22.8. The second-order valence-electron chi connectivity index (χ2n) is 5.64. The van der Waals surface area contributed by atoms with Crippen molar-refractivity contribution in [2.75, 3.05) is 0 Å². The number of carbonyl (C=O) groups excluding carboxylic acids is 2. The molecule has 0 amide bonds. The zero-order valence-electron chi connectivity index (χ0n) is 14.5. The first kappa shape index (κ1) is 22.4. The molecule has 124 valence electrons. The lowest BCUT2D eigenvalue weighted by Crippen LogP contribution is -1.81. The summed E-state index contributed by atoms with van der Waals surface area (Å²) in [5.41, 5.74) is 0. The standard InChI is InChI=1S/C14H30.C5H6O2/c1-3-5-7-9-11-13-14-12-10-8-6-4-2;1-5(7)3-2-4-6/h3-14H2,1-2H3;2-4H,1H3/b;3-2-. The van der Waals surface area contributed by atoms with Gasteiger partial charge in [-0.3, -0.25) is 9.59 Å².